The molecule has 1 unspecified atom stereocenters. The second kappa shape index (κ2) is 7.02. The number of nitrogens with two attached hydrogens (primary N) is 1. The number of nitrogen functional groups attached to an aromatic ring is 1. The Bertz CT molecular complexity index is 703. The molecule has 1 saturated carbocycles. The van der Waals surface area contributed by atoms with Gasteiger partial charge >= 0.3 is 0 Å². The fourth-order valence-electron chi connectivity index (χ4n) is 2.23. The zero-order valence-electron chi connectivity index (χ0n) is 13.6. The molecule has 8 heteroatoms. The average molecular weight is 387 g/mol. The lowest BCUT2D eigenvalue weighted by atomic mass is 10.0. The molecule has 2 N–H and O–H groups in total. The minimum absolute atomic E-state index is 0.267. The van der Waals surface area contributed by atoms with Gasteiger partial charge in [0.1, 0.15) is 16.7 Å². The number of rotatable bonds is 7. The monoisotopic (exact) mass is 386 g/mol. The lowest BCUT2D eigenvalue weighted by Gasteiger charge is -2.09. The van der Waals surface area contributed by atoms with E-state index in [0.29, 0.717) is 16.9 Å². The van der Waals surface area contributed by atoms with Gasteiger partial charge in [-0.25, -0.2) is 4.68 Å². The lowest BCUT2D eigenvalue weighted by Crippen LogP contribution is -2.16. The fourth-order valence-corrected chi connectivity index (χ4v) is 4.03. The Morgan fingerprint density at radius 2 is 2.00 bits per heavy atom. The van der Waals surface area contributed by atoms with E-state index >= 15 is 0 Å². The Morgan fingerprint density at radius 1 is 1.33 bits per heavy atom. The van der Waals surface area contributed by atoms with Crippen molar-refractivity contribution >= 4 is 35.0 Å². The topological polar surface area (TPSA) is 66.0 Å². The third-order valence-electron chi connectivity index (χ3n) is 4.02. The Hall–Kier alpha value is -1.11. The molecule has 0 saturated heterocycles. The minimum Gasteiger partial charge on any atom is -0.486 e. The molecule has 5 nitrogen and oxygen atoms in total. The van der Waals surface area contributed by atoms with Crippen LogP contribution in [-0.4, -0.2) is 25.0 Å². The molecule has 0 bridgehead atoms. The fraction of sp³-hybridized carbons (Fsp3) is 0.500. The van der Waals surface area contributed by atoms with Crippen LogP contribution in [0.25, 0.3) is 0 Å². The molecule has 1 fully saturated rings. The third kappa shape index (κ3) is 4.10. The van der Waals surface area contributed by atoms with Crippen molar-refractivity contribution in [1.29, 1.82) is 0 Å². The van der Waals surface area contributed by atoms with Crippen molar-refractivity contribution < 1.29 is 4.74 Å². The molecule has 24 heavy (non-hydrogen) atoms. The summed E-state index contributed by atoms with van der Waals surface area (Å²) < 4.78 is 6.61. The highest BCUT2D eigenvalue weighted by Gasteiger charge is 2.51. The summed E-state index contributed by atoms with van der Waals surface area (Å²) in [5.41, 5.74) is 1.28. The Kier molecular flexibility index (Phi) is 5.18. The molecule has 1 aliphatic carbocycles. The van der Waals surface area contributed by atoms with Crippen molar-refractivity contribution in [1.82, 2.24) is 14.9 Å². The number of hydrogen-bond acceptors (Lipinski definition) is 5. The summed E-state index contributed by atoms with van der Waals surface area (Å²) >= 11 is 13.6. The van der Waals surface area contributed by atoms with E-state index in [9.17, 15) is 0 Å². The van der Waals surface area contributed by atoms with Crippen LogP contribution in [0.3, 0.4) is 0 Å². The molecular weight excluding hydrogens is 367 g/mol. The van der Waals surface area contributed by atoms with Gasteiger partial charge in [-0.2, -0.15) is 0 Å². The highest BCUT2D eigenvalue weighted by Crippen LogP contribution is 2.54. The Morgan fingerprint density at radius 3 is 2.58 bits per heavy atom. The van der Waals surface area contributed by atoms with Crippen LogP contribution in [0.2, 0.25) is 0 Å². The van der Waals surface area contributed by atoms with Gasteiger partial charge in [0.15, 0.2) is 5.82 Å². The number of thioether (sulfide) groups is 1. The van der Waals surface area contributed by atoms with E-state index in [1.165, 1.54) is 22.0 Å². The Balaban J connectivity index is 1.54. The normalized spacial score (nSPS) is 18.8. The first kappa shape index (κ1) is 17.7. The number of aromatic nitrogens is 3. The molecule has 0 radical (unpaired) electrons. The number of hydrogen-bond donors (Lipinski definition) is 1. The summed E-state index contributed by atoms with van der Waals surface area (Å²) in [5, 5.41) is 8.82. The third-order valence-corrected chi connectivity index (χ3v) is 6.05. The minimum atomic E-state index is -0.583. The predicted octanol–water partition coefficient (Wildman–Crippen LogP) is 3.98. The van der Waals surface area contributed by atoms with Gasteiger partial charge in [0.25, 0.3) is 0 Å². The highest BCUT2D eigenvalue weighted by molar-refractivity contribution is 7.99. The van der Waals surface area contributed by atoms with Gasteiger partial charge in [-0.05, 0) is 30.0 Å². The van der Waals surface area contributed by atoms with E-state index in [-0.39, 0.29) is 12.5 Å². The van der Waals surface area contributed by atoms with Crippen LogP contribution >= 0.6 is 35.0 Å². The smallest absolute Gasteiger partial charge is 0.209 e. The zero-order valence-corrected chi connectivity index (χ0v) is 15.9. The average Bonchev–Trinajstić information content (AvgIpc) is 3.01. The van der Waals surface area contributed by atoms with E-state index in [1.54, 1.807) is 0 Å². The standard InChI is InChI=1S/C16H20Cl2N4OS/c1-10(2)11-3-5-13(6-4-11)23-8-14-20-21-15(22(14)19)24-9-12-7-16(12,17)18/h3-6,10,12H,7-9,19H2,1-2H3. The maximum absolute atomic E-state index is 6.03. The Labute approximate surface area is 155 Å². The summed E-state index contributed by atoms with van der Waals surface area (Å²) in [6.07, 6.45) is 0.810. The molecule has 1 atom stereocenters. The summed E-state index contributed by atoms with van der Waals surface area (Å²) in [6, 6.07) is 8.04. The molecule has 0 spiro atoms. The van der Waals surface area contributed by atoms with Gasteiger partial charge in [0.2, 0.25) is 5.16 Å². The molecular formula is C16H20Cl2N4OS. The van der Waals surface area contributed by atoms with Crippen LogP contribution in [0.5, 0.6) is 5.75 Å². The zero-order chi connectivity index (χ0) is 17.3. The second-order valence-corrected chi connectivity index (χ2v) is 8.78. The summed E-state index contributed by atoms with van der Waals surface area (Å²) in [7, 11) is 0. The molecule has 130 valence electrons. The number of benzene rings is 1. The van der Waals surface area contributed by atoms with Crippen molar-refractivity contribution in [3.05, 3.63) is 35.7 Å². The van der Waals surface area contributed by atoms with Crippen LogP contribution in [-0.2, 0) is 6.61 Å². The van der Waals surface area contributed by atoms with Crippen LogP contribution in [0.1, 0.15) is 37.6 Å². The van der Waals surface area contributed by atoms with Crippen LogP contribution in [0, 0.1) is 5.92 Å². The van der Waals surface area contributed by atoms with E-state index < -0.39 is 4.33 Å². The number of ether oxygens (including phenoxy) is 1. The maximum atomic E-state index is 6.03. The van der Waals surface area contributed by atoms with Gasteiger partial charge in [0, 0.05) is 11.7 Å². The first-order valence-electron chi connectivity index (χ1n) is 7.79. The molecule has 2 aromatic rings. The molecule has 1 heterocycles. The number of alkyl halides is 2. The van der Waals surface area contributed by atoms with Crippen molar-refractivity contribution in [3.8, 4) is 5.75 Å². The van der Waals surface area contributed by atoms with Crippen molar-refractivity contribution in [2.24, 2.45) is 5.92 Å². The summed E-state index contributed by atoms with van der Waals surface area (Å²) in [4.78, 5) is 0. The van der Waals surface area contributed by atoms with E-state index in [1.807, 2.05) is 12.1 Å². The van der Waals surface area contributed by atoms with Gasteiger partial charge < -0.3 is 10.6 Å². The summed E-state index contributed by atoms with van der Waals surface area (Å²) in [6.45, 7) is 4.58. The SMILES string of the molecule is CC(C)c1ccc(OCc2nnc(SCC3CC3(Cl)Cl)n2N)cc1. The molecule has 0 amide bonds. The van der Waals surface area contributed by atoms with E-state index in [2.05, 4.69) is 36.2 Å². The first-order chi connectivity index (χ1) is 11.4. The number of halogens is 2. The van der Waals surface area contributed by atoms with Gasteiger partial charge in [-0.15, -0.1) is 33.4 Å². The van der Waals surface area contributed by atoms with Crippen LogP contribution < -0.4 is 10.6 Å². The van der Waals surface area contributed by atoms with Gasteiger partial charge in [-0.3, -0.25) is 0 Å². The maximum Gasteiger partial charge on any atom is 0.209 e. The molecule has 1 aromatic heterocycles. The molecule has 0 aliphatic heterocycles. The summed E-state index contributed by atoms with van der Waals surface area (Å²) in [5.74, 6) is 8.94. The van der Waals surface area contributed by atoms with Crippen LogP contribution in [0.15, 0.2) is 29.4 Å². The largest absolute Gasteiger partial charge is 0.486 e. The van der Waals surface area contributed by atoms with Crippen molar-refractivity contribution in [3.63, 3.8) is 0 Å². The van der Waals surface area contributed by atoms with Crippen LogP contribution in [0.4, 0.5) is 0 Å². The molecule has 1 aromatic carbocycles. The quantitative estimate of drug-likeness (QED) is 0.442. The van der Waals surface area contributed by atoms with Crippen molar-refractivity contribution in [2.75, 3.05) is 11.6 Å². The predicted molar refractivity (Wildman–Crippen MR) is 98.3 cm³/mol. The highest BCUT2D eigenvalue weighted by atomic mass is 35.5. The van der Waals surface area contributed by atoms with Gasteiger partial charge in [0.05, 0.1) is 0 Å². The van der Waals surface area contributed by atoms with Gasteiger partial charge in [-0.1, -0.05) is 37.7 Å². The lowest BCUT2D eigenvalue weighted by molar-refractivity contribution is 0.291. The molecule has 3 rings (SSSR count). The molecule has 1 aliphatic rings. The van der Waals surface area contributed by atoms with Crippen molar-refractivity contribution in [2.45, 2.75) is 42.3 Å². The number of nitrogens with zero attached hydrogens (tertiary/aromatic N) is 3. The van der Waals surface area contributed by atoms with E-state index in [4.69, 9.17) is 33.8 Å². The second-order valence-electron chi connectivity index (χ2n) is 6.25. The first-order valence-corrected chi connectivity index (χ1v) is 9.53. The van der Waals surface area contributed by atoms with E-state index in [0.717, 1.165) is 17.9 Å².